The highest BCUT2D eigenvalue weighted by molar-refractivity contribution is 9.10. The maximum Gasteiger partial charge on any atom is 0.0380 e. The number of halogens is 1. The molecule has 2 nitrogen and oxygen atoms in total. The quantitative estimate of drug-likeness (QED) is 0.918. The predicted molar refractivity (Wildman–Crippen MR) is 82.2 cm³/mol. The first-order valence-corrected chi connectivity index (χ1v) is 7.80. The Kier molecular flexibility index (Phi) is 5.07. The zero-order chi connectivity index (χ0) is 13.0. The van der Waals surface area contributed by atoms with E-state index in [4.69, 9.17) is 5.73 Å². The number of piperidine rings is 1. The molecule has 1 aliphatic rings. The van der Waals surface area contributed by atoms with Crippen molar-refractivity contribution in [2.24, 2.45) is 5.73 Å². The van der Waals surface area contributed by atoms with Crippen molar-refractivity contribution in [1.29, 1.82) is 0 Å². The highest BCUT2D eigenvalue weighted by atomic mass is 79.9. The van der Waals surface area contributed by atoms with E-state index in [1.165, 1.54) is 48.0 Å². The van der Waals surface area contributed by atoms with E-state index in [0.717, 1.165) is 6.42 Å². The number of benzene rings is 1. The predicted octanol–water partition coefficient (Wildman–Crippen LogP) is 3.72. The van der Waals surface area contributed by atoms with E-state index >= 15 is 0 Å². The molecule has 1 aromatic rings. The maximum atomic E-state index is 5.62. The van der Waals surface area contributed by atoms with Crippen LogP contribution in [0.3, 0.4) is 0 Å². The fourth-order valence-electron chi connectivity index (χ4n) is 2.84. The molecule has 2 rings (SSSR count). The van der Waals surface area contributed by atoms with Crippen molar-refractivity contribution in [1.82, 2.24) is 0 Å². The van der Waals surface area contributed by atoms with Crippen molar-refractivity contribution in [3.63, 3.8) is 0 Å². The summed E-state index contributed by atoms with van der Waals surface area (Å²) in [7, 11) is 0. The molecule has 1 atom stereocenters. The van der Waals surface area contributed by atoms with Crippen LogP contribution in [-0.2, 0) is 6.42 Å². The van der Waals surface area contributed by atoms with Crippen LogP contribution in [0.25, 0.3) is 0 Å². The largest absolute Gasteiger partial charge is 0.369 e. The zero-order valence-corrected chi connectivity index (χ0v) is 12.7. The number of anilines is 1. The number of rotatable bonds is 4. The van der Waals surface area contributed by atoms with Crippen LogP contribution in [-0.4, -0.2) is 19.1 Å². The molecule has 1 aromatic carbocycles. The molecule has 100 valence electrons. The molecule has 1 fully saturated rings. The fraction of sp³-hybridized carbons (Fsp3) is 0.600. The molecule has 1 heterocycles. The minimum absolute atomic E-state index is 0.708. The van der Waals surface area contributed by atoms with Gasteiger partial charge in [-0.2, -0.15) is 0 Å². The van der Waals surface area contributed by atoms with E-state index in [0.29, 0.717) is 12.6 Å². The molecule has 1 aliphatic heterocycles. The zero-order valence-electron chi connectivity index (χ0n) is 11.2. The third kappa shape index (κ3) is 3.07. The normalized spacial score (nSPS) is 20.2. The van der Waals surface area contributed by atoms with Crippen LogP contribution >= 0.6 is 15.9 Å². The fourth-order valence-corrected chi connectivity index (χ4v) is 3.40. The minimum atomic E-state index is 0.708. The number of nitrogens with zero attached hydrogens (tertiary/aromatic N) is 1. The molecule has 1 unspecified atom stereocenters. The van der Waals surface area contributed by atoms with Gasteiger partial charge in [0.05, 0.1) is 0 Å². The van der Waals surface area contributed by atoms with Gasteiger partial charge in [0, 0.05) is 22.7 Å². The van der Waals surface area contributed by atoms with Gasteiger partial charge in [-0.25, -0.2) is 0 Å². The van der Waals surface area contributed by atoms with Gasteiger partial charge in [-0.15, -0.1) is 0 Å². The van der Waals surface area contributed by atoms with E-state index < -0.39 is 0 Å². The minimum Gasteiger partial charge on any atom is -0.369 e. The molecule has 0 radical (unpaired) electrons. The molecule has 0 bridgehead atoms. The summed E-state index contributed by atoms with van der Waals surface area (Å²) in [6.07, 6.45) is 6.21. The molecular weight excluding hydrogens is 288 g/mol. The van der Waals surface area contributed by atoms with Crippen LogP contribution < -0.4 is 10.6 Å². The van der Waals surface area contributed by atoms with E-state index in [1.54, 1.807) is 0 Å². The van der Waals surface area contributed by atoms with Gasteiger partial charge in [-0.05, 0) is 56.3 Å². The topological polar surface area (TPSA) is 29.3 Å². The molecule has 0 saturated carbocycles. The van der Waals surface area contributed by atoms with E-state index in [2.05, 4.69) is 46.0 Å². The van der Waals surface area contributed by atoms with Gasteiger partial charge in [0.25, 0.3) is 0 Å². The summed E-state index contributed by atoms with van der Waals surface area (Å²) in [6, 6.07) is 7.45. The maximum absolute atomic E-state index is 5.62. The lowest BCUT2D eigenvalue weighted by molar-refractivity contribution is 0.450. The Morgan fingerprint density at radius 1 is 1.39 bits per heavy atom. The summed E-state index contributed by atoms with van der Waals surface area (Å²) < 4.78 is 1.20. The summed E-state index contributed by atoms with van der Waals surface area (Å²) in [5.74, 6) is 0. The average Bonchev–Trinajstić information content (AvgIpc) is 2.41. The number of hydrogen-bond acceptors (Lipinski definition) is 2. The smallest absolute Gasteiger partial charge is 0.0380 e. The Balaban J connectivity index is 2.19. The van der Waals surface area contributed by atoms with E-state index in [9.17, 15) is 0 Å². The van der Waals surface area contributed by atoms with Gasteiger partial charge >= 0.3 is 0 Å². The van der Waals surface area contributed by atoms with Gasteiger partial charge in [-0.3, -0.25) is 0 Å². The number of nitrogens with two attached hydrogens (primary N) is 1. The van der Waals surface area contributed by atoms with Crippen LogP contribution in [0.1, 0.15) is 38.2 Å². The number of hydrogen-bond donors (Lipinski definition) is 1. The Morgan fingerprint density at radius 3 is 2.89 bits per heavy atom. The molecule has 0 spiro atoms. The highest BCUT2D eigenvalue weighted by Gasteiger charge is 2.21. The SMILES string of the molecule is CCC1CCCCN1c1ccc(CCN)c(Br)c1. The van der Waals surface area contributed by atoms with Crippen LogP contribution in [0.15, 0.2) is 22.7 Å². The van der Waals surface area contributed by atoms with Crippen LogP contribution in [0.5, 0.6) is 0 Å². The molecule has 0 aromatic heterocycles. The Morgan fingerprint density at radius 2 is 2.22 bits per heavy atom. The van der Waals surface area contributed by atoms with Crippen LogP contribution in [0.4, 0.5) is 5.69 Å². The van der Waals surface area contributed by atoms with Crippen LogP contribution in [0, 0.1) is 0 Å². The van der Waals surface area contributed by atoms with Crippen molar-refractivity contribution < 1.29 is 0 Å². The summed E-state index contributed by atoms with van der Waals surface area (Å²) in [6.45, 7) is 4.20. The third-order valence-electron chi connectivity index (χ3n) is 3.88. The molecular formula is C15H23BrN2. The Hall–Kier alpha value is -0.540. The molecule has 18 heavy (non-hydrogen) atoms. The second-order valence-corrected chi connectivity index (χ2v) is 5.92. The second-order valence-electron chi connectivity index (χ2n) is 5.07. The second kappa shape index (κ2) is 6.58. The van der Waals surface area contributed by atoms with Crippen molar-refractivity contribution in [3.05, 3.63) is 28.2 Å². The van der Waals surface area contributed by atoms with Gasteiger partial charge in [0.2, 0.25) is 0 Å². The molecule has 0 amide bonds. The van der Waals surface area contributed by atoms with Gasteiger partial charge < -0.3 is 10.6 Å². The molecule has 1 saturated heterocycles. The van der Waals surface area contributed by atoms with Gasteiger partial charge in [0.15, 0.2) is 0 Å². The molecule has 3 heteroatoms. The van der Waals surface area contributed by atoms with Gasteiger partial charge in [0.1, 0.15) is 0 Å². The summed E-state index contributed by atoms with van der Waals surface area (Å²) in [5, 5.41) is 0. The summed E-state index contributed by atoms with van der Waals surface area (Å²) in [5.41, 5.74) is 8.29. The Bertz CT molecular complexity index is 392. The molecule has 0 aliphatic carbocycles. The first-order chi connectivity index (χ1) is 8.76. The Labute approximate surface area is 119 Å². The highest BCUT2D eigenvalue weighted by Crippen LogP contribution is 2.30. The lowest BCUT2D eigenvalue weighted by atomic mass is 9.99. The van der Waals surface area contributed by atoms with Crippen LogP contribution in [0.2, 0.25) is 0 Å². The third-order valence-corrected chi connectivity index (χ3v) is 4.62. The van der Waals surface area contributed by atoms with Crippen molar-refractivity contribution in [2.75, 3.05) is 18.0 Å². The van der Waals surface area contributed by atoms with Crippen molar-refractivity contribution >= 4 is 21.6 Å². The monoisotopic (exact) mass is 310 g/mol. The lowest BCUT2D eigenvalue weighted by Gasteiger charge is -2.37. The summed E-state index contributed by atoms with van der Waals surface area (Å²) in [4.78, 5) is 2.57. The average molecular weight is 311 g/mol. The standard InChI is InChI=1S/C15H23BrN2/c1-2-13-5-3-4-10-18(13)14-7-6-12(8-9-17)15(16)11-14/h6-7,11,13H,2-5,8-10,17H2,1H3. The van der Waals surface area contributed by atoms with Crippen molar-refractivity contribution in [3.8, 4) is 0 Å². The van der Waals surface area contributed by atoms with E-state index in [1.807, 2.05) is 0 Å². The summed E-state index contributed by atoms with van der Waals surface area (Å²) >= 11 is 3.67. The molecule has 2 N–H and O–H groups in total. The van der Waals surface area contributed by atoms with Gasteiger partial charge in [-0.1, -0.05) is 28.9 Å². The van der Waals surface area contributed by atoms with E-state index in [-0.39, 0.29) is 0 Å². The first kappa shape index (κ1) is 13.9. The first-order valence-electron chi connectivity index (χ1n) is 7.01. The van der Waals surface area contributed by atoms with Crippen molar-refractivity contribution in [2.45, 2.75) is 45.1 Å². The lowest BCUT2D eigenvalue weighted by Crippen LogP contribution is -2.39.